The number of halogens is 5. The van der Waals surface area contributed by atoms with Gasteiger partial charge in [0, 0.05) is 23.7 Å². The Bertz CT molecular complexity index is 978. The fourth-order valence-corrected chi connectivity index (χ4v) is 2.22. The zero-order valence-electron chi connectivity index (χ0n) is 12.2. The maximum absolute atomic E-state index is 13.8. The van der Waals surface area contributed by atoms with Gasteiger partial charge in [0.25, 0.3) is 5.56 Å². The van der Waals surface area contributed by atoms with E-state index in [9.17, 15) is 26.7 Å². The molecule has 1 N–H and O–H groups in total. The molecule has 3 rings (SSSR count). The number of alkyl halides is 3. The number of benzene rings is 1. The summed E-state index contributed by atoms with van der Waals surface area (Å²) in [6.07, 6.45) is -4.04. The highest BCUT2D eigenvalue weighted by Gasteiger charge is 2.38. The van der Waals surface area contributed by atoms with Crippen LogP contribution in [-0.4, -0.2) is 15.1 Å². The van der Waals surface area contributed by atoms with Gasteiger partial charge in [-0.25, -0.2) is 8.78 Å². The number of aromatic amines is 1. The van der Waals surface area contributed by atoms with Gasteiger partial charge < -0.3 is 9.51 Å². The Morgan fingerprint density at radius 1 is 1.16 bits per heavy atom. The Morgan fingerprint density at radius 2 is 1.92 bits per heavy atom. The minimum Gasteiger partial charge on any atom is -0.329 e. The lowest BCUT2D eigenvalue weighted by Crippen LogP contribution is -2.15. The van der Waals surface area contributed by atoms with Crippen LogP contribution in [0.4, 0.5) is 22.0 Å². The third-order valence-corrected chi connectivity index (χ3v) is 3.37. The predicted molar refractivity (Wildman–Crippen MR) is 74.5 cm³/mol. The largest absolute Gasteiger partial charge is 0.471 e. The highest BCUT2D eigenvalue weighted by atomic mass is 19.4. The molecule has 0 amide bonds. The zero-order chi connectivity index (χ0) is 18.2. The van der Waals surface area contributed by atoms with E-state index < -0.39 is 35.1 Å². The lowest BCUT2D eigenvalue weighted by Gasteiger charge is -2.07. The maximum Gasteiger partial charge on any atom is 0.471 e. The van der Waals surface area contributed by atoms with E-state index in [-0.39, 0.29) is 23.1 Å². The molecule has 1 aromatic carbocycles. The van der Waals surface area contributed by atoms with Gasteiger partial charge in [0.2, 0.25) is 5.82 Å². The van der Waals surface area contributed by atoms with Gasteiger partial charge in [-0.3, -0.25) is 4.79 Å². The molecule has 2 heterocycles. The number of hydrogen-bond donors (Lipinski definition) is 1. The molecule has 0 saturated carbocycles. The van der Waals surface area contributed by atoms with Crippen LogP contribution >= 0.6 is 0 Å². The molecule has 0 aliphatic carbocycles. The first-order chi connectivity index (χ1) is 11.8. The van der Waals surface area contributed by atoms with Gasteiger partial charge in [-0.05, 0) is 17.7 Å². The molecule has 5 nitrogen and oxygen atoms in total. The minimum atomic E-state index is -4.85. The van der Waals surface area contributed by atoms with Crippen LogP contribution in [0.3, 0.4) is 0 Å². The second kappa shape index (κ2) is 6.11. The van der Waals surface area contributed by atoms with E-state index in [2.05, 4.69) is 19.6 Å². The average molecular weight is 357 g/mol. The topological polar surface area (TPSA) is 71.8 Å². The summed E-state index contributed by atoms with van der Waals surface area (Å²) in [6, 6.07) is 4.66. The van der Waals surface area contributed by atoms with Crippen LogP contribution in [0.1, 0.15) is 17.0 Å². The van der Waals surface area contributed by atoms with Crippen LogP contribution in [0.5, 0.6) is 0 Å². The summed E-state index contributed by atoms with van der Waals surface area (Å²) in [5, 5.41) is 3.21. The van der Waals surface area contributed by atoms with Crippen molar-refractivity contribution < 1.29 is 26.5 Å². The number of hydrogen-bond acceptors (Lipinski definition) is 4. The molecular weight excluding hydrogens is 349 g/mol. The summed E-state index contributed by atoms with van der Waals surface area (Å²) in [6.45, 7) is 0. The van der Waals surface area contributed by atoms with Gasteiger partial charge in [0.05, 0.1) is 0 Å². The third-order valence-electron chi connectivity index (χ3n) is 3.37. The molecule has 130 valence electrons. The van der Waals surface area contributed by atoms with E-state index >= 15 is 0 Å². The molecule has 10 heteroatoms. The summed E-state index contributed by atoms with van der Waals surface area (Å²) in [7, 11) is 0. The van der Waals surface area contributed by atoms with Crippen molar-refractivity contribution in [3.63, 3.8) is 0 Å². The molecule has 2 aromatic heterocycles. The Kier molecular flexibility index (Phi) is 4.11. The number of nitrogens with one attached hydrogen (secondary N) is 1. The van der Waals surface area contributed by atoms with Gasteiger partial charge in [-0.1, -0.05) is 17.3 Å². The van der Waals surface area contributed by atoms with Crippen molar-refractivity contribution in [2.45, 2.75) is 12.6 Å². The number of aromatic nitrogens is 3. The van der Waals surface area contributed by atoms with Gasteiger partial charge in [0.15, 0.2) is 11.6 Å². The highest BCUT2D eigenvalue weighted by Crippen LogP contribution is 2.30. The van der Waals surface area contributed by atoms with Crippen molar-refractivity contribution in [3.05, 3.63) is 69.5 Å². The molecule has 0 radical (unpaired) electrons. The zero-order valence-corrected chi connectivity index (χ0v) is 12.2. The summed E-state index contributed by atoms with van der Waals surface area (Å²) in [5.41, 5.74) is -1.04. The van der Waals surface area contributed by atoms with E-state index in [0.717, 1.165) is 6.07 Å². The summed E-state index contributed by atoms with van der Waals surface area (Å²) in [5.74, 6) is -4.32. The standard InChI is InChI=1S/C15H8F5N3O2/c16-10-3-1-2-7(11(10)17)6-9-8(4-5-21-13(9)24)12-22-14(25-23-12)15(18,19)20/h1-5H,6H2,(H,21,24). The van der Waals surface area contributed by atoms with Crippen LogP contribution < -0.4 is 5.56 Å². The molecule has 0 fully saturated rings. The lowest BCUT2D eigenvalue weighted by atomic mass is 10.0. The van der Waals surface area contributed by atoms with Crippen molar-refractivity contribution in [3.8, 4) is 11.4 Å². The quantitative estimate of drug-likeness (QED) is 0.730. The fraction of sp³-hybridized carbons (Fsp3) is 0.133. The van der Waals surface area contributed by atoms with Crippen molar-refractivity contribution in [2.75, 3.05) is 0 Å². The number of pyridine rings is 1. The Morgan fingerprint density at radius 3 is 2.60 bits per heavy atom. The van der Waals surface area contributed by atoms with Crippen LogP contribution in [0, 0.1) is 11.6 Å². The van der Waals surface area contributed by atoms with Crippen LogP contribution in [0.2, 0.25) is 0 Å². The summed E-state index contributed by atoms with van der Waals surface area (Å²) in [4.78, 5) is 17.6. The van der Waals surface area contributed by atoms with E-state index in [1.165, 1.54) is 24.4 Å². The second-order valence-corrected chi connectivity index (χ2v) is 5.01. The van der Waals surface area contributed by atoms with Gasteiger partial charge in [0.1, 0.15) is 0 Å². The molecule has 3 aromatic rings. The third kappa shape index (κ3) is 3.28. The molecule has 0 spiro atoms. The van der Waals surface area contributed by atoms with Gasteiger partial charge in [-0.15, -0.1) is 0 Å². The Balaban J connectivity index is 2.08. The van der Waals surface area contributed by atoms with E-state index in [1.807, 2.05) is 0 Å². The first-order valence-corrected chi connectivity index (χ1v) is 6.82. The number of nitrogens with zero attached hydrogens (tertiary/aromatic N) is 2. The minimum absolute atomic E-state index is 0.0772. The molecule has 0 atom stereocenters. The predicted octanol–water partition coefficient (Wildman–Crippen LogP) is 3.31. The first kappa shape index (κ1) is 16.8. The van der Waals surface area contributed by atoms with Crippen LogP contribution in [-0.2, 0) is 12.6 Å². The molecule has 0 bridgehead atoms. The molecule has 25 heavy (non-hydrogen) atoms. The highest BCUT2D eigenvalue weighted by molar-refractivity contribution is 5.59. The average Bonchev–Trinajstić information content (AvgIpc) is 3.03. The van der Waals surface area contributed by atoms with Crippen molar-refractivity contribution >= 4 is 0 Å². The number of rotatable bonds is 3. The molecule has 0 aliphatic rings. The fourth-order valence-electron chi connectivity index (χ4n) is 2.22. The maximum atomic E-state index is 13.8. The smallest absolute Gasteiger partial charge is 0.329 e. The van der Waals surface area contributed by atoms with Crippen molar-refractivity contribution in [1.29, 1.82) is 0 Å². The summed E-state index contributed by atoms with van der Waals surface area (Å²) < 4.78 is 69.0. The van der Waals surface area contributed by atoms with E-state index in [4.69, 9.17) is 0 Å². The van der Waals surface area contributed by atoms with E-state index in [1.54, 1.807) is 0 Å². The molecule has 0 aliphatic heterocycles. The Hall–Kier alpha value is -3.04. The molecule has 0 saturated heterocycles. The van der Waals surface area contributed by atoms with Gasteiger partial charge in [-0.2, -0.15) is 18.2 Å². The molecule has 0 unspecified atom stereocenters. The second-order valence-electron chi connectivity index (χ2n) is 5.01. The first-order valence-electron chi connectivity index (χ1n) is 6.82. The normalized spacial score (nSPS) is 11.7. The van der Waals surface area contributed by atoms with Crippen molar-refractivity contribution in [2.24, 2.45) is 0 Å². The van der Waals surface area contributed by atoms with Crippen LogP contribution in [0.15, 0.2) is 39.8 Å². The summed E-state index contributed by atoms with van der Waals surface area (Å²) >= 11 is 0. The van der Waals surface area contributed by atoms with Crippen molar-refractivity contribution in [1.82, 2.24) is 15.1 Å². The van der Waals surface area contributed by atoms with Gasteiger partial charge >= 0.3 is 12.1 Å². The lowest BCUT2D eigenvalue weighted by molar-refractivity contribution is -0.159. The van der Waals surface area contributed by atoms with E-state index in [0.29, 0.717) is 0 Å². The monoisotopic (exact) mass is 357 g/mol. The SMILES string of the molecule is O=c1[nH]ccc(-c2noc(C(F)(F)F)n2)c1Cc1cccc(F)c1F. The number of H-pyrrole nitrogens is 1. The Labute approximate surface area is 136 Å². The molecular formula is C15H8F5N3O2. The van der Waals surface area contributed by atoms with Crippen LogP contribution in [0.25, 0.3) is 11.4 Å².